The number of nitrogens with zero attached hydrogens (tertiary/aromatic N) is 1. The van der Waals surface area contributed by atoms with E-state index in [0.29, 0.717) is 5.15 Å². The van der Waals surface area contributed by atoms with Crippen LogP contribution in [-0.2, 0) is 0 Å². The monoisotopic (exact) mass is 232 g/mol. The van der Waals surface area contributed by atoms with Gasteiger partial charge in [0, 0.05) is 5.38 Å². The van der Waals surface area contributed by atoms with Gasteiger partial charge in [-0.05, 0) is 12.8 Å². The van der Waals surface area contributed by atoms with E-state index in [4.69, 9.17) is 11.6 Å². The minimum atomic E-state index is -0.152. The second kappa shape index (κ2) is 4.04. The van der Waals surface area contributed by atoms with Crippen LogP contribution in [-0.4, -0.2) is 22.2 Å². The van der Waals surface area contributed by atoms with Crippen LogP contribution in [0.1, 0.15) is 25.7 Å². The van der Waals surface area contributed by atoms with Gasteiger partial charge in [-0.2, -0.15) is 0 Å². The standard InChI is InChI=1S/C9H13ClN2OS/c10-7-5-14-8(11-7)12-9(6-13)3-1-2-4-9/h5,13H,1-4,6H2,(H,11,12). The predicted octanol–water partition coefficient (Wildman–Crippen LogP) is 2.51. The number of thiazole rings is 1. The summed E-state index contributed by atoms with van der Waals surface area (Å²) in [6.07, 6.45) is 4.38. The van der Waals surface area contributed by atoms with Gasteiger partial charge in [0.2, 0.25) is 0 Å². The van der Waals surface area contributed by atoms with Gasteiger partial charge < -0.3 is 10.4 Å². The maximum absolute atomic E-state index is 9.37. The molecule has 14 heavy (non-hydrogen) atoms. The Balaban J connectivity index is 2.08. The minimum Gasteiger partial charge on any atom is -0.394 e. The van der Waals surface area contributed by atoms with Gasteiger partial charge in [-0.15, -0.1) is 11.3 Å². The van der Waals surface area contributed by atoms with Crippen LogP contribution in [0.15, 0.2) is 5.38 Å². The van der Waals surface area contributed by atoms with E-state index in [1.54, 1.807) is 5.38 Å². The molecular weight excluding hydrogens is 220 g/mol. The van der Waals surface area contributed by atoms with Crippen molar-refractivity contribution in [1.29, 1.82) is 0 Å². The molecule has 2 rings (SSSR count). The maximum atomic E-state index is 9.37. The number of rotatable bonds is 3. The fourth-order valence-corrected chi connectivity index (χ4v) is 2.87. The molecule has 0 unspecified atom stereocenters. The third kappa shape index (κ3) is 2.02. The van der Waals surface area contributed by atoms with Crippen LogP contribution < -0.4 is 5.32 Å². The molecule has 0 spiro atoms. The van der Waals surface area contributed by atoms with Crippen LogP contribution in [0, 0.1) is 0 Å². The molecule has 0 aliphatic heterocycles. The lowest BCUT2D eigenvalue weighted by Crippen LogP contribution is -2.38. The molecule has 1 aliphatic carbocycles. The normalized spacial score (nSPS) is 19.9. The van der Waals surface area contributed by atoms with E-state index in [1.807, 2.05) is 0 Å². The second-order valence-corrected chi connectivity index (χ2v) is 4.99. The van der Waals surface area contributed by atoms with Crippen molar-refractivity contribution in [2.24, 2.45) is 0 Å². The number of anilines is 1. The van der Waals surface area contributed by atoms with Crippen LogP contribution >= 0.6 is 22.9 Å². The molecule has 3 nitrogen and oxygen atoms in total. The molecule has 0 radical (unpaired) electrons. The van der Waals surface area contributed by atoms with Crippen molar-refractivity contribution in [3.05, 3.63) is 10.5 Å². The first-order chi connectivity index (χ1) is 6.74. The molecule has 2 N–H and O–H groups in total. The number of hydrogen-bond donors (Lipinski definition) is 2. The smallest absolute Gasteiger partial charge is 0.184 e. The Bertz CT molecular complexity index is 310. The Morgan fingerprint density at radius 2 is 2.29 bits per heavy atom. The highest BCUT2D eigenvalue weighted by Crippen LogP contribution is 2.34. The fourth-order valence-electron chi connectivity index (χ4n) is 1.91. The second-order valence-electron chi connectivity index (χ2n) is 3.75. The van der Waals surface area contributed by atoms with E-state index in [0.717, 1.165) is 18.0 Å². The molecular formula is C9H13ClN2OS. The highest BCUT2D eigenvalue weighted by Gasteiger charge is 2.33. The van der Waals surface area contributed by atoms with Crippen molar-refractivity contribution in [2.75, 3.05) is 11.9 Å². The molecule has 0 aromatic carbocycles. The molecule has 1 heterocycles. The number of hydrogen-bond acceptors (Lipinski definition) is 4. The highest BCUT2D eigenvalue weighted by molar-refractivity contribution is 7.14. The Morgan fingerprint density at radius 1 is 1.57 bits per heavy atom. The fraction of sp³-hybridized carbons (Fsp3) is 0.667. The summed E-state index contributed by atoms with van der Waals surface area (Å²) < 4.78 is 0. The van der Waals surface area contributed by atoms with Gasteiger partial charge in [-0.25, -0.2) is 4.98 Å². The van der Waals surface area contributed by atoms with Crippen molar-refractivity contribution < 1.29 is 5.11 Å². The lowest BCUT2D eigenvalue weighted by molar-refractivity contribution is 0.214. The zero-order valence-corrected chi connectivity index (χ0v) is 9.37. The molecule has 0 bridgehead atoms. The Kier molecular flexibility index (Phi) is 2.95. The number of aliphatic hydroxyl groups is 1. The molecule has 0 saturated heterocycles. The van der Waals surface area contributed by atoms with Gasteiger partial charge in [0.1, 0.15) is 5.15 Å². The topological polar surface area (TPSA) is 45.1 Å². The van der Waals surface area contributed by atoms with Crippen molar-refractivity contribution in [2.45, 2.75) is 31.2 Å². The van der Waals surface area contributed by atoms with Gasteiger partial charge in [0.05, 0.1) is 12.1 Å². The molecule has 1 aromatic rings. The van der Waals surface area contributed by atoms with Crippen molar-refractivity contribution >= 4 is 28.1 Å². The molecule has 0 amide bonds. The SMILES string of the molecule is OCC1(Nc2nc(Cl)cs2)CCCC1. The summed E-state index contributed by atoms with van der Waals surface area (Å²) in [6, 6.07) is 0. The highest BCUT2D eigenvalue weighted by atomic mass is 35.5. The van der Waals surface area contributed by atoms with Gasteiger partial charge in [-0.1, -0.05) is 24.4 Å². The van der Waals surface area contributed by atoms with Crippen LogP contribution in [0.5, 0.6) is 0 Å². The Labute approximate surface area is 92.1 Å². The summed E-state index contributed by atoms with van der Waals surface area (Å²) >= 11 is 7.22. The van der Waals surface area contributed by atoms with E-state index in [9.17, 15) is 5.11 Å². The first-order valence-electron chi connectivity index (χ1n) is 4.74. The van der Waals surface area contributed by atoms with E-state index < -0.39 is 0 Å². The van der Waals surface area contributed by atoms with E-state index >= 15 is 0 Å². The van der Waals surface area contributed by atoms with Crippen LogP contribution in [0.4, 0.5) is 5.13 Å². The van der Waals surface area contributed by atoms with E-state index in [-0.39, 0.29) is 12.1 Å². The molecule has 1 aromatic heterocycles. The lowest BCUT2D eigenvalue weighted by atomic mass is 10.00. The average Bonchev–Trinajstić information content (AvgIpc) is 2.77. The van der Waals surface area contributed by atoms with Crippen molar-refractivity contribution in [3.63, 3.8) is 0 Å². The van der Waals surface area contributed by atoms with Gasteiger partial charge in [0.25, 0.3) is 0 Å². The first-order valence-corrected chi connectivity index (χ1v) is 6.00. The lowest BCUT2D eigenvalue weighted by Gasteiger charge is -2.27. The maximum Gasteiger partial charge on any atom is 0.184 e. The number of halogens is 1. The largest absolute Gasteiger partial charge is 0.394 e. The molecule has 78 valence electrons. The number of nitrogens with one attached hydrogen (secondary N) is 1. The molecule has 1 saturated carbocycles. The number of aromatic nitrogens is 1. The van der Waals surface area contributed by atoms with Gasteiger partial charge >= 0.3 is 0 Å². The molecule has 1 fully saturated rings. The average molecular weight is 233 g/mol. The summed E-state index contributed by atoms with van der Waals surface area (Å²) in [5, 5.41) is 15.8. The van der Waals surface area contributed by atoms with Crippen molar-refractivity contribution in [1.82, 2.24) is 4.98 Å². The summed E-state index contributed by atoms with van der Waals surface area (Å²) in [5.74, 6) is 0. The third-order valence-electron chi connectivity index (χ3n) is 2.71. The van der Waals surface area contributed by atoms with Crippen LogP contribution in [0.25, 0.3) is 0 Å². The Morgan fingerprint density at radius 3 is 2.79 bits per heavy atom. The van der Waals surface area contributed by atoms with Gasteiger partial charge in [-0.3, -0.25) is 0 Å². The summed E-state index contributed by atoms with van der Waals surface area (Å²) in [5.41, 5.74) is -0.152. The van der Waals surface area contributed by atoms with Crippen molar-refractivity contribution in [3.8, 4) is 0 Å². The zero-order chi connectivity index (χ0) is 10.0. The minimum absolute atomic E-state index is 0.152. The zero-order valence-electron chi connectivity index (χ0n) is 7.79. The quantitative estimate of drug-likeness (QED) is 0.842. The van der Waals surface area contributed by atoms with E-state index in [2.05, 4.69) is 10.3 Å². The predicted molar refractivity (Wildman–Crippen MR) is 59.0 cm³/mol. The molecule has 5 heteroatoms. The van der Waals surface area contributed by atoms with Crippen LogP contribution in [0.2, 0.25) is 5.15 Å². The molecule has 0 atom stereocenters. The number of aliphatic hydroxyl groups excluding tert-OH is 1. The Hall–Kier alpha value is -0.320. The summed E-state index contributed by atoms with van der Waals surface area (Å²) in [4.78, 5) is 4.13. The summed E-state index contributed by atoms with van der Waals surface area (Å²) in [6.45, 7) is 0.171. The van der Waals surface area contributed by atoms with Gasteiger partial charge in [0.15, 0.2) is 5.13 Å². The molecule has 1 aliphatic rings. The summed E-state index contributed by atoms with van der Waals surface area (Å²) in [7, 11) is 0. The first kappa shape index (κ1) is 10.2. The van der Waals surface area contributed by atoms with Crippen LogP contribution in [0.3, 0.4) is 0 Å². The third-order valence-corrected chi connectivity index (χ3v) is 3.79. The van der Waals surface area contributed by atoms with E-state index in [1.165, 1.54) is 24.2 Å².